The third kappa shape index (κ3) is 3.78. The van der Waals surface area contributed by atoms with Gasteiger partial charge >= 0.3 is 5.97 Å². The highest BCUT2D eigenvalue weighted by atomic mass is 32.1. The molecule has 0 saturated heterocycles. The molecule has 2 atom stereocenters. The zero-order chi connectivity index (χ0) is 25.8. The second kappa shape index (κ2) is 8.78. The molecule has 0 radical (unpaired) electrons. The van der Waals surface area contributed by atoms with E-state index in [1.807, 2.05) is 11.5 Å². The Morgan fingerprint density at radius 2 is 1.59 bits per heavy atom. The molecule has 3 aromatic carbocycles. The van der Waals surface area contributed by atoms with E-state index >= 15 is 0 Å². The molecule has 0 aliphatic carbocycles. The Labute approximate surface area is 219 Å². The second-order valence-electron chi connectivity index (χ2n) is 9.59. The highest BCUT2D eigenvalue weighted by Crippen LogP contribution is 2.40. The van der Waals surface area contributed by atoms with Crippen LogP contribution in [0, 0.1) is 26.7 Å². The van der Waals surface area contributed by atoms with Crippen LogP contribution in [0.4, 0.5) is 0 Å². The van der Waals surface area contributed by atoms with Crippen molar-refractivity contribution in [2.75, 3.05) is 0 Å². The summed E-state index contributed by atoms with van der Waals surface area (Å²) in [7, 11) is 0. The average Bonchev–Trinajstić information content (AvgIpc) is 3.37. The number of carbonyl (C=O) groups is 1. The average molecular weight is 507 g/mol. The molecule has 0 amide bonds. The predicted octanol–water partition coefficient (Wildman–Crippen LogP) is 6.69. The summed E-state index contributed by atoms with van der Waals surface area (Å²) in [5.41, 5.74) is 6.17. The number of hydrogen-bond acceptors (Lipinski definition) is 5. The fourth-order valence-electron chi connectivity index (χ4n) is 5.01. The van der Waals surface area contributed by atoms with Gasteiger partial charge in [0, 0.05) is 16.0 Å². The lowest BCUT2D eigenvalue weighted by Crippen LogP contribution is -2.21. The number of aliphatic carboxylic acids is 1. The Balaban J connectivity index is 1.51. The van der Waals surface area contributed by atoms with E-state index in [2.05, 4.69) is 90.8 Å². The van der Waals surface area contributed by atoms with Crippen molar-refractivity contribution in [2.24, 2.45) is 10.9 Å². The van der Waals surface area contributed by atoms with Crippen LogP contribution in [0.1, 0.15) is 46.2 Å². The number of aromatic nitrogens is 3. The molecule has 0 spiro atoms. The minimum atomic E-state index is -0.912. The molecule has 1 aliphatic rings. The monoisotopic (exact) mass is 506 g/mol. The van der Waals surface area contributed by atoms with Crippen molar-refractivity contribution in [1.82, 2.24) is 14.8 Å². The minimum Gasteiger partial charge on any atom is -0.481 e. The van der Waals surface area contributed by atoms with Crippen LogP contribution >= 0.6 is 11.3 Å². The lowest BCUT2D eigenvalue weighted by atomic mass is 9.95. The molecule has 1 aliphatic heterocycles. The van der Waals surface area contributed by atoms with Gasteiger partial charge in [-0.1, -0.05) is 60.7 Å². The highest BCUT2D eigenvalue weighted by Gasteiger charge is 2.36. The number of carboxylic acids is 1. The number of carboxylic acid groups (broad SMARTS) is 1. The number of fused-ring (bicyclic) bond motifs is 4. The number of benzene rings is 3. The van der Waals surface area contributed by atoms with Crippen molar-refractivity contribution < 1.29 is 9.90 Å². The van der Waals surface area contributed by atoms with Crippen LogP contribution in [0.5, 0.6) is 0 Å². The zero-order valence-electron chi connectivity index (χ0n) is 21.1. The van der Waals surface area contributed by atoms with E-state index < -0.39 is 17.9 Å². The molecule has 6 rings (SSSR count). The molecule has 1 unspecified atom stereocenters. The highest BCUT2D eigenvalue weighted by molar-refractivity contribution is 7.15. The van der Waals surface area contributed by atoms with Crippen LogP contribution in [0.3, 0.4) is 0 Å². The van der Waals surface area contributed by atoms with E-state index in [4.69, 9.17) is 4.99 Å². The molecule has 37 heavy (non-hydrogen) atoms. The SMILES string of the molecule is Cc1sc2c(c1C)C(c1ccc(-c3ccc4ccccc4c3)cc1)=NC([C@H](C)C(=O)O)c1nnc(C)n1-2. The van der Waals surface area contributed by atoms with Crippen molar-refractivity contribution >= 4 is 33.8 Å². The quantitative estimate of drug-likeness (QED) is 0.295. The maximum absolute atomic E-state index is 12.1. The van der Waals surface area contributed by atoms with Crippen molar-refractivity contribution in [3.05, 3.63) is 99.9 Å². The molecule has 7 heteroatoms. The fraction of sp³-hybridized carbons (Fsp3) is 0.200. The fourth-order valence-corrected chi connectivity index (χ4v) is 6.22. The summed E-state index contributed by atoms with van der Waals surface area (Å²) in [6.07, 6.45) is 0. The van der Waals surface area contributed by atoms with Crippen molar-refractivity contribution in [2.45, 2.75) is 33.7 Å². The van der Waals surface area contributed by atoms with Crippen molar-refractivity contribution in [3.63, 3.8) is 0 Å². The van der Waals surface area contributed by atoms with Crippen molar-refractivity contribution in [3.8, 4) is 16.1 Å². The van der Waals surface area contributed by atoms with E-state index in [0.29, 0.717) is 5.82 Å². The van der Waals surface area contributed by atoms with Gasteiger partial charge in [-0.05, 0) is 61.2 Å². The van der Waals surface area contributed by atoms with Crippen LogP contribution in [-0.2, 0) is 4.79 Å². The molecule has 0 saturated carbocycles. The Bertz CT molecular complexity index is 1710. The van der Waals surface area contributed by atoms with E-state index in [0.717, 1.165) is 44.4 Å². The number of rotatable bonds is 4. The van der Waals surface area contributed by atoms with Crippen LogP contribution in [0.15, 0.2) is 71.7 Å². The van der Waals surface area contributed by atoms with Gasteiger partial charge < -0.3 is 5.11 Å². The number of thiophene rings is 1. The normalized spacial score (nSPS) is 15.6. The Kier molecular flexibility index (Phi) is 5.53. The van der Waals surface area contributed by atoms with E-state index in [1.54, 1.807) is 18.3 Å². The molecule has 0 fully saturated rings. The molecule has 3 heterocycles. The summed E-state index contributed by atoms with van der Waals surface area (Å²) in [5.74, 6) is -0.379. The van der Waals surface area contributed by atoms with Gasteiger partial charge in [0.05, 0.1) is 11.6 Å². The van der Waals surface area contributed by atoms with Gasteiger partial charge in [0.2, 0.25) is 0 Å². The lowest BCUT2D eigenvalue weighted by molar-refractivity contribution is -0.141. The summed E-state index contributed by atoms with van der Waals surface area (Å²) < 4.78 is 1.99. The maximum atomic E-state index is 12.1. The molecular weight excluding hydrogens is 480 g/mol. The first-order chi connectivity index (χ1) is 17.8. The summed E-state index contributed by atoms with van der Waals surface area (Å²) in [4.78, 5) is 18.4. The molecular formula is C30H26N4O2S. The van der Waals surface area contributed by atoms with Gasteiger partial charge in [-0.15, -0.1) is 21.5 Å². The number of aliphatic imine (C=N–C) groups is 1. The third-order valence-electron chi connectivity index (χ3n) is 7.29. The van der Waals surface area contributed by atoms with Crippen LogP contribution < -0.4 is 0 Å². The summed E-state index contributed by atoms with van der Waals surface area (Å²) in [6.45, 7) is 7.79. The first-order valence-corrected chi connectivity index (χ1v) is 13.1. The van der Waals surface area contributed by atoms with E-state index in [1.165, 1.54) is 15.6 Å². The molecule has 6 nitrogen and oxygen atoms in total. The van der Waals surface area contributed by atoms with Gasteiger partial charge in [0.1, 0.15) is 16.9 Å². The molecule has 184 valence electrons. The van der Waals surface area contributed by atoms with Gasteiger partial charge in [-0.3, -0.25) is 14.4 Å². The topological polar surface area (TPSA) is 80.4 Å². The largest absolute Gasteiger partial charge is 0.481 e. The standard InChI is InChI=1S/C30H26N4O2S/c1-16-18(3)37-29-25(16)27(31-26(17(2)30(35)36)28-33-32-19(4)34(28)29)22-12-9-21(10-13-22)24-14-11-20-7-5-6-8-23(20)15-24/h5-15,17,26H,1-4H3,(H,35,36)/t17-,26?/m0/s1. The summed E-state index contributed by atoms with van der Waals surface area (Å²) in [6, 6.07) is 22.6. The second-order valence-corrected chi connectivity index (χ2v) is 10.8. The Hall–Kier alpha value is -4.10. The van der Waals surface area contributed by atoms with Gasteiger partial charge in [-0.25, -0.2) is 0 Å². The number of nitrogens with zero attached hydrogens (tertiary/aromatic N) is 4. The zero-order valence-corrected chi connectivity index (χ0v) is 21.9. The minimum absolute atomic E-state index is 0.567. The summed E-state index contributed by atoms with van der Waals surface area (Å²) in [5, 5.41) is 22.0. The molecule has 2 aromatic heterocycles. The lowest BCUT2D eigenvalue weighted by Gasteiger charge is -2.16. The summed E-state index contributed by atoms with van der Waals surface area (Å²) >= 11 is 1.67. The Morgan fingerprint density at radius 3 is 2.32 bits per heavy atom. The molecule has 0 bridgehead atoms. The smallest absolute Gasteiger partial charge is 0.308 e. The predicted molar refractivity (Wildman–Crippen MR) is 148 cm³/mol. The molecule has 5 aromatic rings. The van der Waals surface area contributed by atoms with E-state index in [-0.39, 0.29) is 0 Å². The van der Waals surface area contributed by atoms with Crippen molar-refractivity contribution in [1.29, 1.82) is 0 Å². The van der Waals surface area contributed by atoms with Gasteiger partial charge in [0.15, 0.2) is 5.82 Å². The van der Waals surface area contributed by atoms with Gasteiger partial charge in [-0.2, -0.15) is 0 Å². The van der Waals surface area contributed by atoms with Crippen LogP contribution in [0.2, 0.25) is 0 Å². The number of aryl methyl sites for hydroxylation is 2. The molecule has 1 N–H and O–H groups in total. The third-order valence-corrected chi connectivity index (χ3v) is 8.49. The first kappa shape index (κ1) is 23.3. The van der Waals surface area contributed by atoms with E-state index in [9.17, 15) is 9.90 Å². The first-order valence-electron chi connectivity index (χ1n) is 12.3. The Morgan fingerprint density at radius 1 is 0.919 bits per heavy atom. The van der Waals surface area contributed by atoms with Gasteiger partial charge in [0.25, 0.3) is 0 Å². The van der Waals surface area contributed by atoms with Crippen LogP contribution in [-0.4, -0.2) is 31.6 Å². The van der Waals surface area contributed by atoms with Crippen LogP contribution in [0.25, 0.3) is 26.9 Å². The maximum Gasteiger partial charge on any atom is 0.308 e. The number of hydrogen-bond donors (Lipinski definition) is 1.